The third kappa shape index (κ3) is 4.07. The Morgan fingerprint density at radius 3 is 2.24 bits per heavy atom. The van der Waals surface area contributed by atoms with Crippen LogP contribution in [0.25, 0.3) is 0 Å². The largest absolute Gasteiger partial charge is 0.482 e. The smallest absolute Gasteiger partial charge is 0.132 e. The van der Waals surface area contributed by atoms with Crippen molar-refractivity contribution in [2.45, 2.75) is 58.5 Å². The fraction of sp³-hybridized carbons (Fsp3) is 0.611. The first kappa shape index (κ1) is 17.7. The lowest BCUT2D eigenvalue weighted by atomic mass is 9.78. The van der Waals surface area contributed by atoms with Crippen molar-refractivity contribution in [2.24, 2.45) is 0 Å². The maximum Gasteiger partial charge on any atom is 0.132 e. The molecule has 0 saturated heterocycles. The summed E-state index contributed by atoms with van der Waals surface area (Å²) in [5, 5.41) is 0. The molecule has 0 spiro atoms. The van der Waals surface area contributed by atoms with Crippen molar-refractivity contribution in [1.29, 1.82) is 0 Å². The maximum atomic E-state index is 10.5. The molecule has 1 aromatic rings. The second kappa shape index (κ2) is 6.61. The molecular formula is C18H28O3. The van der Waals surface area contributed by atoms with Crippen LogP contribution in [0.3, 0.4) is 0 Å². The number of hydrogen-bond donors (Lipinski definition) is 0. The molecule has 0 fully saturated rings. The van der Waals surface area contributed by atoms with Crippen LogP contribution in [-0.4, -0.2) is 20.5 Å². The number of carbonyl (C=O) groups is 1. The Hall–Kier alpha value is -1.35. The Bertz CT molecular complexity index is 496. The van der Waals surface area contributed by atoms with Gasteiger partial charge in [-0.05, 0) is 37.3 Å². The van der Waals surface area contributed by atoms with Crippen LogP contribution in [0.2, 0.25) is 0 Å². The van der Waals surface area contributed by atoms with Gasteiger partial charge in [-0.2, -0.15) is 0 Å². The van der Waals surface area contributed by atoms with E-state index < -0.39 is 0 Å². The molecule has 3 heteroatoms. The summed E-state index contributed by atoms with van der Waals surface area (Å²) in [5.74, 6) is 1.04. The normalized spacial score (nSPS) is 15.0. The zero-order chi connectivity index (χ0) is 16.3. The first-order valence-corrected chi connectivity index (χ1v) is 7.38. The lowest BCUT2D eigenvalue weighted by molar-refractivity contribution is -0.107. The molecule has 118 valence electrons. The lowest BCUT2D eigenvalue weighted by Gasteiger charge is -2.42. The van der Waals surface area contributed by atoms with E-state index in [1.807, 2.05) is 0 Å². The zero-order valence-corrected chi connectivity index (χ0v) is 14.4. The van der Waals surface area contributed by atoms with Crippen LogP contribution in [-0.2, 0) is 27.0 Å². The summed E-state index contributed by atoms with van der Waals surface area (Å²) in [6.07, 6.45) is 2.39. The van der Waals surface area contributed by atoms with Crippen molar-refractivity contribution in [1.82, 2.24) is 0 Å². The van der Waals surface area contributed by atoms with Crippen LogP contribution in [0.5, 0.6) is 5.75 Å². The Balaban J connectivity index is 0.000000677. The van der Waals surface area contributed by atoms with Crippen molar-refractivity contribution in [3.63, 3.8) is 0 Å². The van der Waals surface area contributed by atoms with Gasteiger partial charge in [0.05, 0.1) is 0 Å². The van der Waals surface area contributed by atoms with Gasteiger partial charge in [0.1, 0.15) is 17.6 Å². The van der Waals surface area contributed by atoms with E-state index in [0.29, 0.717) is 6.42 Å². The molecule has 0 saturated carbocycles. The average molecular weight is 292 g/mol. The fourth-order valence-corrected chi connectivity index (χ4v) is 2.44. The summed E-state index contributed by atoms with van der Waals surface area (Å²) >= 11 is 0. The highest BCUT2D eigenvalue weighted by Gasteiger charge is 2.40. The number of fused-ring (bicyclic) bond motifs is 1. The zero-order valence-electron chi connectivity index (χ0n) is 14.4. The summed E-state index contributed by atoms with van der Waals surface area (Å²) in [4.78, 5) is 10.5. The molecule has 0 unspecified atom stereocenters. The molecule has 0 aliphatic carbocycles. The highest BCUT2D eigenvalue weighted by molar-refractivity contribution is 5.56. The van der Waals surface area contributed by atoms with Crippen molar-refractivity contribution in [2.75, 3.05) is 14.2 Å². The van der Waals surface area contributed by atoms with Crippen molar-refractivity contribution < 1.29 is 14.3 Å². The van der Waals surface area contributed by atoms with Crippen molar-refractivity contribution in [3.05, 3.63) is 28.8 Å². The molecule has 0 amide bonds. The van der Waals surface area contributed by atoms with Gasteiger partial charge in [-0.3, -0.25) is 0 Å². The van der Waals surface area contributed by atoms with Crippen LogP contribution in [0.4, 0.5) is 0 Å². The van der Waals surface area contributed by atoms with E-state index in [1.165, 1.54) is 16.7 Å². The number of aryl methyl sites for hydroxylation is 1. The molecule has 0 radical (unpaired) electrons. The summed E-state index contributed by atoms with van der Waals surface area (Å²) in [6.45, 7) is 10.8. The summed E-state index contributed by atoms with van der Waals surface area (Å²) < 4.78 is 10.2. The minimum Gasteiger partial charge on any atom is -0.482 e. The predicted molar refractivity (Wildman–Crippen MR) is 86.1 cm³/mol. The molecular weight excluding hydrogens is 264 g/mol. The molecule has 1 aliphatic rings. The summed E-state index contributed by atoms with van der Waals surface area (Å²) in [5.41, 5.74) is 3.64. The van der Waals surface area contributed by atoms with E-state index >= 15 is 0 Å². The number of benzene rings is 1. The SMILES string of the molecule is CC(C)(C)c1cc(CCC=O)cc2c1OC2(C)C.COC. The third-order valence-corrected chi connectivity index (χ3v) is 3.51. The molecule has 0 N–H and O–H groups in total. The van der Waals surface area contributed by atoms with Crippen LogP contribution >= 0.6 is 0 Å². The topological polar surface area (TPSA) is 35.5 Å². The first-order chi connectivity index (χ1) is 9.67. The van der Waals surface area contributed by atoms with Crippen LogP contribution in [0.15, 0.2) is 12.1 Å². The average Bonchev–Trinajstić information content (AvgIpc) is 2.35. The van der Waals surface area contributed by atoms with Gasteiger partial charge >= 0.3 is 0 Å². The first-order valence-electron chi connectivity index (χ1n) is 7.38. The number of carbonyl (C=O) groups excluding carboxylic acids is 1. The van der Waals surface area contributed by atoms with Gasteiger partial charge in [-0.1, -0.05) is 26.8 Å². The van der Waals surface area contributed by atoms with Crippen LogP contribution in [0, 0.1) is 0 Å². The maximum absolute atomic E-state index is 10.5. The Labute approximate surface area is 128 Å². The number of hydrogen-bond acceptors (Lipinski definition) is 3. The lowest BCUT2D eigenvalue weighted by Crippen LogP contribution is -2.37. The quantitative estimate of drug-likeness (QED) is 0.790. The van der Waals surface area contributed by atoms with E-state index in [4.69, 9.17) is 4.74 Å². The van der Waals surface area contributed by atoms with Gasteiger partial charge in [0.2, 0.25) is 0 Å². The van der Waals surface area contributed by atoms with Crippen molar-refractivity contribution >= 4 is 6.29 Å². The molecule has 2 rings (SSSR count). The van der Waals surface area contributed by atoms with Gasteiger partial charge in [-0.25, -0.2) is 0 Å². The second-order valence-corrected chi connectivity index (χ2v) is 7.00. The molecule has 3 nitrogen and oxygen atoms in total. The Morgan fingerprint density at radius 2 is 1.81 bits per heavy atom. The minimum atomic E-state index is -0.188. The van der Waals surface area contributed by atoms with Crippen molar-refractivity contribution in [3.8, 4) is 5.75 Å². The van der Waals surface area contributed by atoms with E-state index in [9.17, 15) is 4.79 Å². The Morgan fingerprint density at radius 1 is 1.24 bits per heavy atom. The van der Waals surface area contributed by atoms with E-state index in [0.717, 1.165) is 18.5 Å². The molecule has 1 heterocycles. The monoisotopic (exact) mass is 292 g/mol. The van der Waals surface area contributed by atoms with E-state index in [1.54, 1.807) is 14.2 Å². The fourth-order valence-electron chi connectivity index (χ4n) is 2.44. The van der Waals surface area contributed by atoms with Gasteiger partial charge < -0.3 is 14.3 Å². The minimum absolute atomic E-state index is 0.0672. The standard InChI is InChI=1S/C16H22O2.C2H6O/c1-15(2,3)12-9-11(7-6-8-17)10-13-14(12)18-16(13,4)5;1-3-2/h8-10H,6-7H2,1-5H3;1-2H3. The summed E-state index contributed by atoms with van der Waals surface area (Å²) in [7, 11) is 3.25. The predicted octanol–water partition coefficient (Wildman–Crippen LogP) is 4.01. The number of methoxy groups -OCH3 is 1. The highest BCUT2D eigenvalue weighted by Crippen LogP contribution is 2.49. The molecule has 1 aromatic carbocycles. The van der Waals surface area contributed by atoms with Gasteiger partial charge in [-0.15, -0.1) is 0 Å². The van der Waals surface area contributed by atoms with Crippen LogP contribution < -0.4 is 4.74 Å². The summed E-state index contributed by atoms with van der Waals surface area (Å²) in [6, 6.07) is 4.38. The van der Waals surface area contributed by atoms with E-state index in [-0.39, 0.29) is 11.0 Å². The number of ether oxygens (including phenoxy) is 2. The second-order valence-electron chi connectivity index (χ2n) is 7.00. The van der Waals surface area contributed by atoms with Gasteiger partial charge in [0, 0.05) is 31.8 Å². The Kier molecular flexibility index (Phi) is 5.57. The third-order valence-electron chi connectivity index (χ3n) is 3.51. The molecule has 21 heavy (non-hydrogen) atoms. The van der Waals surface area contributed by atoms with Crippen LogP contribution in [0.1, 0.15) is 57.7 Å². The molecule has 0 atom stereocenters. The molecule has 1 aliphatic heterocycles. The van der Waals surface area contributed by atoms with Gasteiger partial charge in [0.25, 0.3) is 0 Å². The molecule has 0 aromatic heterocycles. The number of aldehydes is 1. The number of rotatable bonds is 3. The highest BCUT2D eigenvalue weighted by atomic mass is 16.5. The molecule has 0 bridgehead atoms. The van der Waals surface area contributed by atoms with Gasteiger partial charge in [0.15, 0.2) is 0 Å². The van der Waals surface area contributed by atoms with E-state index in [2.05, 4.69) is 51.5 Å².